The molecule has 0 atom stereocenters. The van der Waals surface area contributed by atoms with Gasteiger partial charge < -0.3 is 19.6 Å². The molecule has 0 spiro atoms. The van der Waals surface area contributed by atoms with E-state index in [2.05, 4.69) is 32.1 Å². The topological polar surface area (TPSA) is 95.2 Å². The lowest BCUT2D eigenvalue weighted by Crippen LogP contribution is -2.13. The molecule has 9 heteroatoms. The largest absolute Gasteiger partial charge is 0.384 e. The molecule has 8 nitrogen and oxygen atoms in total. The van der Waals surface area contributed by atoms with E-state index >= 15 is 0 Å². The molecule has 0 bridgehead atoms. The van der Waals surface area contributed by atoms with E-state index in [9.17, 15) is 0 Å². The molecule has 0 amide bonds. The number of nitrogens with zero attached hydrogens (tertiary/aromatic N) is 5. The highest BCUT2D eigenvalue weighted by atomic mass is 32.2. The maximum atomic E-state index is 6.28. The fourth-order valence-electron chi connectivity index (χ4n) is 3.94. The minimum atomic E-state index is 0.478. The van der Waals surface area contributed by atoms with Crippen LogP contribution in [0.2, 0.25) is 0 Å². The molecule has 0 radical (unpaired) electrons. The fourth-order valence-corrected chi connectivity index (χ4v) is 4.81. The van der Waals surface area contributed by atoms with Crippen molar-refractivity contribution < 1.29 is 9.26 Å². The Bertz CT molecular complexity index is 1200. The molecule has 170 valence electrons. The highest BCUT2D eigenvalue weighted by molar-refractivity contribution is 7.97. The van der Waals surface area contributed by atoms with Gasteiger partial charge in [0.15, 0.2) is 5.82 Å². The van der Waals surface area contributed by atoms with Gasteiger partial charge in [0, 0.05) is 32.0 Å². The van der Waals surface area contributed by atoms with Gasteiger partial charge in [0.1, 0.15) is 17.1 Å². The number of unbranched alkanes of at least 4 members (excludes halogenated alkanes) is 1. The van der Waals surface area contributed by atoms with Crippen molar-refractivity contribution in [2.75, 3.05) is 33.0 Å². The molecule has 0 saturated heterocycles. The van der Waals surface area contributed by atoms with Crippen molar-refractivity contribution in [3.05, 3.63) is 41.5 Å². The zero-order chi connectivity index (χ0) is 22.7. The summed E-state index contributed by atoms with van der Waals surface area (Å²) in [5, 5.41) is 5.12. The molecular weight excluding hydrogens is 424 g/mol. The fraction of sp³-hybridized carbons (Fsp3) is 0.435. The number of fused-ring (bicyclic) bond motifs is 3. The van der Waals surface area contributed by atoms with Gasteiger partial charge in [-0.25, -0.2) is 14.3 Å². The molecule has 4 aromatic rings. The van der Waals surface area contributed by atoms with E-state index < -0.39 is 0 Å². The number of imidazole rings is 1. The number of methoxy groups -OCH3 is 1. The van der Waals surface area contributed by atoms with Gasteiger partial charge in [0.2, 0.25) is 0 Å². The number of nitrogen functional groups attached to an aromatic ring is 1. The summed E-state index contributed by atoms with van der Waals surface area (Å²) in [6, 6.07) is 8.11. The molecule has 1 aromatic carbocycles. The van der Waals surface area contributed by atoms with Crippen LogP contribution in [-0.2, 0) is 17.7 Å². The van der Waals surface area contributed by atoms with Gasteiger partial charge in [-0.3, -0.25) is 0 Å². The van der Waals surface area contributed by atoms with Crippen LogP contribution in [0.1, 0.15) is 30.1 Å². The first-order valence-corrected chi connectivity index (χ1v) is 11.6. The molecule has 32 heavy (non-hydrogen) atoms. The highest BCUT2D eigenvalue weighted by Gasteiger charge is 2.17. The molecule has 0 saturated carbocycles. The van der Waals surface area contributed by atoms with Gasteiger partial charge in [-0.05, 0) is 51.8 Å². The number of para-hydroxylation sites is 1. The van der Waals surface area contributed by atoms with Crippen molar-refractivity contribution in [3.8, 4) is 0 Å². The summed E-state index contributed by atoms with van der Waals surface area (Å²) >= 11 is 1.69. The van der Waals surface area contributed by atoms with Gasteiger partial charge in [-0.15, -0.1) is 0 Å². The van der Waals surface area contributed by atoms with Crippen molar-refractivity contribution in [1.82, 2.24) is 24.0 Å². The monoisotopic (exact) mass is 454 g/mol. The van der Waals surface area contributed by atoms with E-state index in [4.69, 9.17) is 20.0 Å². The molecule has 0 fully saturated rings. The number of aryl methyl sites for hydroxylation is 3. The Labute approximate surface area is 192 Å². The minimum Gasteiger partial charge on any atom is -0.384 e. The zero-order valence-electron chi connectivity index (χ0n) is 19.1. The number of hydrogen-bond donors (Lipinski definition) is 1. The summed E-state index contributed by atoms with van der Waals surface area (Å²) in [5.41, 5.74) is 9.95. The third kappa shape index (κ3) is 4.60. The molecule has 0 aliphatic rings. The second kappa shape index (κ2) is 9.89. The zero-order valence-corrected chi connectivity index (χ0v) is 19.9. The summed E-state index contributed by atoms with van der Waals surface area (Å²) in [6.07, 6.45) is 2.81. The first kappa shape index (κ1) is 22.6. The van der Waals surface area contributed by atoms with E-state index in [1.165, 1.54) is 0 Å². The summed E-state index contributed by atoms with van der Waals surface area (Å²) in [5.74, 6) is 2.34. The van der Waals surface area contributed by atoms with Crippen molar-refractivity contribution in [2.24, 2.45) is 0 Å². The van der Waals surface area contributed by atoms with Crippen molar-refractivity contribution in [3.63, 3.8) is 0 Å². The summed E-state index contributed by atoms with van der Waals surface area (Å²) < 4.78 is 15.1. The second-order valence-electron chi connectivity index (χ2n) is 7.94. The van der Waals surface area contributed by atoms with Crippen LogP contribution in [0.3, 0.4) is 0 Å². The van der Waals surface area contributed by atoms with Gasteiger partial charge in [-0.1, -0.05) is 23.4 Å². The van der Waals surface area contributed by atoms with Crippen LogP contribution in [-0.4, -0.2) is 51.3 Å². The van der Waals surface area contributed by atoms with Crippen LogP contribution < -0.4 is 5.73 Å². The third-order valence-electron chi connectivity index (χ3n) is 5.54. The SMILES string of the molecule is COCCc1nc2c(N)nc3ccccc3c2n1CCCCN(C)Sc1c(C)noc1C. The van der Waals surface area contributed by atoms with Crippen LogP contribution in [0.15, 0.2) is 33.7 Å². The molecule has 0 aliphatic carbocycles. The van der Waals surface area contributed by atoms with Crippen molar-refractivity contribution in [2.45, 2.75) is 44.6 Å². The molecule has 0 unspecified atom stereocenters. The van der Waals surface area contributed by atoms with Crippen molar-refractivity contribution in [1.29, 1.82) is 0 Å². The number of rotatable bonds is 10. The predicted octanol–water partition coefficient (Wildman–Crippen LogP) is 4.38. The standard InChI is InChI=1S/C23H30N6O2S/c1-15-22(16(2)31-27-15)32-28(3)12-7-8-13-29-19(11-14-30-4)26-20-21(29)17-9-5-6-10-18(17)25-23(20)24/h5-6,9-10H,7-8,11-14H2,1-4H3,(H2,24,25). The van der Waals surface area contributed by atoms with Gasteiger partial charge in [0.05, 0.1) is 28.2 Å². The minimum absolute atomic E-state index is 0.478. The van der Waals surface area contributed by atoms with Crippen LogP contribution in [0.25, 0.3) is 21.9 Å². The lowest BCUT2D eigenvalue weighted by Gasteiger charge is -2.16. The number of benzene rings is 1. The van der Waals surface area contributed by atoms with E-state index in [0.717, 1.165) is 76.5 Å². The first-order chi connectivity index (χ1) is 15.5. The van der Waals surface area contributed by atoms with E-state index in [0.29, 0.717) is 12.4 Å². The quantitative estimate of drug-likeness (QED) is 0.279. The van der Waals surface area contributed by atoms with Crippen LogP contribution in [0.5, 0.6) is 0 Å². The Morgan fingerprint density at radius 3 is 2.75 bits per heavy atom. The number of hydrogen-bond acceptors (Lipinski definition) is 8. The predicted molar refractivity (Wildman–Crippen MR) is 129 cm³/mol. The van der Waals surface area contributed by atoms with Gasteiger partial charge >= 0.3 is 0 Å². The van der Waals surface area contributed by atoms with E-state index in [1.807, 2.05) is 32.0 Å². The van der Waals surface area contributed by atoms with Gasteiger partial charge in [0.25, 0.3) is 0 Å². The molecule has 4 rings (SSSR count). The smallest absolute Gasteiger partial charge is 0.152 e. The maximum Gasteiger partial charge on any atom is 0.152 e. The summed E-state index contributed by atoms with van der Waals surface area (Å²) in [4.78, 5) is 10.5. The number of ether oxygens (including phenoxy) is 1. The van der Waals surface area contributed by atoms with Crippen LogP contribution >= 0.6 is 11.9 Å². The first-order valence-electron chi connectivity index (χ1n) is 10.8. The number of nitrogens with two attached hydrogens (primary N) is 1. The summed E-state index contributed by atoms with van der Waals surface area (Å²) in [7, 11) is 3.82. The average Bonchev–Trinajstić information content (AvgIpc) is 3.31. The Kier molecular flexibility index (Phi) is 6.98. The number of aromatic nitrogens is 4. The Balaban J connectivity index is 1.51. The van der Waals surface area contributed by atoms with Gasteiger partial charge in [-0.2, -0.15) is 0 Å². The van der Waals surface area contributed by atoms with E-state index in [1.54, 1.807) is 19.1 Å². The normalized spacial score (nSPS) is 11.9. The lowest BCUT2D eigenvalue weighted by atomic mass is 10.2. The molecule has 0 aliphatic heterocycles. The van der Waals surface area contributed by atoms with Crippen LogP contribution in [0, 0.1) is 13.8 Å². The molecular formula is C23H30N6O2S. The Hall–Kier alpha value is -2.62. The van der Waals surface area contributed by atoms with E-state index in [-0.39, 0.29) is 0 Å². The second-order valence-corrected chi connectivity index (χ2v) is 9.15. The Morgan fingerprint density at radius 2 is 2.00 bits per heavy atom. The van der Waals surface area contributed by atoms with Crippen molar-refractivity contribution >= 4 is 39.7 Å². The molecule has 3 heterocycles. The average molecular weight is 455 g/mol. The molecule has 2 N–H and O–H groups in total. The maximum absolute atomic E-state index is 6.28. The lowest BCUT2D eigenvalue weighted by molar-refractivity contribution is 0.199. The number of anilines is 1. The number of pyridine rings is 1. The summed E-state index contributed by atoms with van der Waals surface area (Å²) in [6.45, 7) is 6.37. The Morgan fingerprint density at radius 1 is 1.19 bits per heavy atom. The molecule has 3 aromatic heterocycles. The third-order valence-corrected chi connectivity index (χ3v) is 6.80. The van der Waals surface area contributed by atoms with Crippen LogP contribution in [0.4, 0.5) is 5.82 Å². The highest BCUT2D eigenvalue weighted by Crippen LogP contribution is 2.30.